The third-order valence-electron chi connectivity index (χ3n) is 3.85. The number of rotatable bonds is 4. The molecule has 3 N–H and O–H groups in total. The fraction of sp³-hybridized carbons (Fsp3) is 0.167. The van der Waals surface area contributed by atoms with Gasteiger partial charge in [0.1, 0.15) is 17.1 Å². The van der Waals surface area contributed by atoms with Crippen LogP contribution in [0.4, 0.5) is 5.82 Å². The lowest BCUT2D eigenvalue weighted by atomic mass is 10.1. The number of aryl methyl sites for hydroxylation is 1. The molecule has 134 valence electrons. The Morgan fingerprint density at radius 1 is 1.19 bits per heavy atom. The van der Waals surface area contributed by atoms with E-state index in [-0.39, 0.29) is 11.2 Å². The van der Waals surface area contributed by atoms with E-state index in [0.29, 0.717) is 22.7 Å². The standard InChI is InChI=1S/C18H17N3O5/c1-9-5-4-6-14(19-9)21-18(24)15-16(22)10-7-12(25-2)13(26-3)8-11(10)20-17(15)23/h4-8H,1-3H3,(H,19,21,24)(H2,20,22,23). The lowest BCUT2D eigenvalue weighted by Gasteiger charge is -2.12. The molecule has 3 rings (SSSR count). The topological polar surface area (TPSA) is 114 Å². The minimum absolute atomic E-state index is 0.254. The van der Waals surface area contributed by atoms with Crippen LogP contribution in [0.3, 0.4) is 0 Å². The van der Waals surface area contributed by atoms with Crippen LogP contribution in [-0.2, 0) is 0 Å². The van der Waals surface area contributed by atoms with Gasteiger partial charge in [0.05, 0.1) is 19.7 Å². The van der Waals surface area contributed by atoms with E-state index in [4.69, 9.17) is 9.47 Å². The average Bonchev–Trinajstić information content (AvgIpc) is 2.60. The summed E-state index contributed by atoms with van der Waals surface area (Å²) >= 11 is 0. The number of methoxy groups -OCH3 is 2. The van der Waals surface area contributed by atoms with Crippen LogP contribution in [-0.4, -0.2) is 35.2 Å². The van der Waals surface area contributed by atoms with Gasteiger partial charge in [-0.2, -0.15) is 0 Å². The van der Waals surface area contributed by atoms with Gasteiger partial charge >= 0.3 is 0 Å². The maximum absolute atomic E-state index is 12.5. The number of H-pyrrole nitrogens is 1. The summed E-state index contributed by atoms with van der Waals surface area (Å²) in [4.78, 5) is 31.6. The summed E-state index contributed by atoms with van der Waals surface area (Å²) in [5.74, 6) is -0.195. The molecule has 0 aliphatic carbocycles. The predicted octanol–water partition coefficient (Wildman–Crippen LogP) is 2.21. The monoisotopic (exact) mass is 355 g/mol. The van der Waals surface area contributed by atoms with Gasteiger partial charge in [-0.1, -0.05) is 6.07 Å². The minimum atomic E-state index is -0.765. The van der Waals surface area contributed by atoms with Crippen molar-refractivity contribution in [1.82, 2.24) is 9.97 Å². The molecule has 2 heterocycles. The van der Waals surface area contributed by atoms with Crippen LogP contribution < -0.4 is 20.3 Å². The molecule has 8 nitrogen and oxygen atoms in total. The molecule has 0 fully saturated rings. The van der Waals surface area contributed by atoms with Crippen molar-refractivity contribution in [2.24, 2.45) is 0 Å². The van der Waals surface area contributed by atoms with Gasteiger partial charge < -0.3 is 24.9 Å². The first-order valence-corrected chi connectivity index (χ1v) is 7.70. The Balaban J connectivity index is 2.11. The van der Waals surface area contributed by atoms with Gasteiger partial charge in [-0.05, 0) is 25.1 Å². The second kappa shape index (κ2) is 6.75. The summed E-state index contributed by atoms with van der Waals surface area (Å²) in [7, 11) is 2.90. The molecule has 3 aromatic rings. The first-order chi connectivity index (χ1) is 12.4. The Morgan fingerprint density at radius 3 is 2.54 bits per heavy atom. The third kappa shape index (κ3) is 3.04. The number of nitrogens with zero attached hydrogens (tertiary/aromatic N) is 1. The first-order valence-electron chi connectivity index (χ1n) is 7.70. The summed E-state index contributed by atoms with van der Waals surface area (Å²) in [5, 5.41) is 13.3. The number of ether oxygens (including phenoxy) is 2. The Bertz CT molecular complexity index is 1060. The molecule has 0 saturated heterocycles. The number of benzene rings is 1. The van der Waals surface area contributed by atoms with Crippen LogP contribution >= 0.6 is 0 Å². The zero-order chi connectivity index (χ0) is 18.8. The zero-order valence-corrected chi connectivity index (χ0v) is 14.4. The molecule has 26 heavy (non-hydrogen) atoms. The smallest absolute Gasteiger partial charge is 0.266 e. The average molecular weight is 355 g/mol. The van der Waals surface area contributed by atoms with Crippen LogP contribution in [0.2, 0.25) is 0 Å². The number of pyridine rings is 2. The van der Waals surface area contributed by atoms with E-state index in [2.05, 4.69) is 15.3 Å². The van der Waals surface area contributed by atoms with Gasteiger partial charge in [-0.15, -0.1) is 0 Å². The molecule has 8 heteroatoms. The highest BCUT2D eigenvalue weighted by molar-refractivity contribution is 6.08. The minimum Gasteiger partial charge on any atom is -0.506 e. The molecule has 0 aliphatic heterocycles. The fourth-order valence-corrected chi connectivity index (χ4v) is 2.61. The molecule has 0 radical (unpaired) electrons. The second-order valence-corrected chi connectivity index (χ2v) is 5.55. The number of carbonyl (C=O) groups excluding carboxylic acids is 1. The van der Waals surface area contributed by atoms with Gasteiger partial charge in [0.25, 0.3) is 11.5 Å². The fourth-order valence-electron chi connectivity index (χ4n) is 2.61. The van der Waals surface area contributed by atoms with E-state index in [9.17, 15) is 14.7 Å². The molecule has 0 unspecified atom stereocenters. The van der Waals surface area contributed by atoms with Crippen LogP contribution in [0.15, 0.2) is 35.1 Å². The summed E-state index contributed by atoms with van der Waals surface area (Å²) < 4.78 is 10.4. The Labute approximate surface area is 148 Å². The Hall–Kier alpha value is -3.55. The maximum atomic E-state index is 12.5. The van der Waals surface area contributed by atoms with Gasteiger partial charge in [-0.3, -0.25) is 9.59 Å². The van der Waals surface area contributed by atoms with Crippen LogP contribution in [0.5, 0.6) is 17.2 Å². The van der Waals surface area contributed by atoms with Crippen LogP contribution in [0, 0.1) is 6.92 Å². The number of aromatic hydroxyl groups is 1. The largest absolute Gasteiger partial charge is 0.506 e. The highest BCUT2D eigenvalue weighted by Crippen LogP contribution is 2.35. The van der Waals surface area contributed by atoms with Gasteiger partial charge in [-0.25, -0.2) is 4.98 Å². The number of nitrogens with one attached hydrogen (secondary N) is 2. The van der Waals surface area contributed by atoms with Crippen molar-refractivity contribution in [3.05, 3.63) is 51.9 Å². The number of carbonyl (C=O) groups is 1. The number of hydrogen-bond acceptors (Lipinski definition) is 6. The summed E-state index contributed by atoms with van der Waals surface area (Å²) in [5.41, 5.74) is -0.118. The lowest BCUT2D eigenvalue weighted by Crippen LogP contribution is -2.24. The summed E-state index contributed by atoms with van der Waals surface area (Å²) in [6, 6.07) is 8.08. The molecular weight excluding hydrogens is 338 g/mol. The van der Waals surface area contributed by atoms with Crippen molar-refractivity contribution in [3.63, 3.8) is 0 Å². The molecule has 2 aromatic heterocycles. The SMILES string of the molecule is COc1cc2[nH]c(=O)c(C(=O)Nc3cccc(C)n3)c(O)c2cc1OC. The van der Waals surface area contributed by atoms with Crippen molar-refractivity contribution < 1.29 is 19.4 Å². The molecule has 1 amide bonds. The van der Waals surface area contributed by atoms with Crippen LogP contribution in [0.25, 0.3) is 10.9 Å². The van der Waals surface area contributed by atoms with E-state index in [0.717, 1.165) is 0 Å². The van der Waals surface area contributed by atoms with E-state index in [1.807, 2.05) is 0 Å². The van der Waals surface area contributed by atoms with E-state index in [1.54, 1.807) is 25.1 Å². The lowest BCUT2D eigenvalue weighted by molar-refractivity contribution is 0.102. The number of aromatic nitrogens is 2. The summed E-state index contributed by atoms with van der Waals surface area (Å²) in [6.45, 7) is 1.77. The molecular formula is C18H17N3O5. The normalized spacial score (nSPS) is 10.6. The van der Waals surface area contributed by atoms with Crippen molar-refractivity contribution in [3.8, 4) is 17.2 Å². The predicted molar refractivity (Wildman–Crippen MR) is 96.3 cm³/mol. The highest BCUT2D eigenvalue weighted by Gasteiger charge is 2.21. The molecule has 0 bridgehead atoms. The number of hydrogen-bond donors (Lipinski definition) is 3. The molecule has 0 atom stereocenters. The Kier molecular flexibility index (Phi) is 4.49. The number of fused-ring (bicyclic) bond motifs is 1. The van der Waals surface area contributed by atoms with Crippen molar-refractivity contribution in [1.29, 1.82) is 0 Å². The second-order valence-electron chi connectivity index (χ2n) is 5.55. The Morgan fingerprint density at radius 2 is 1.88 bits per heavy atom. The summed E-state index contributed by atoms with van der Waals surface area (Å²) in [6.07, 6.45) is 0. The quantitative estimate of drug-likeness (QED) is 0.661. The number of aromatic amines is 1. The maximum Gasteiger partial charge on any atom is 0.266 e. The van der Waals surface area contributed by atoms with E-state index in [1.165, 1.54) is 26.4 Å². The van der Waals surface area contributed by atoms with Crippen molar-refractivity contribution in [2.45, 2.75) is 6.92 Å². The van der Waals surface area contributed by atoms with E-state index >= 15 is 0 Å². The molecule has 0 saturated carbocycles. The number of amides is 1. The van der Waals surface area contributed by atoms with Crippen LogP contribution in [0.1, 0.15) is 16.1 Å². The van der Waals surface area contributed by atoms with Gasteiger partial charge in [0, 0.05) is 17.1 Å². The number of anilines is 1. The first kappa shape index (κ1) is 17.3. The van der Waals surface area contributed by atoms with Gasteiger partial charge in [0.2, 0.25) is 0 Å². The third-order valence-corrected chi connectivity index (χ3v) is 3.85. The molecule has 1 aromatic carbocycles. The van der Waals surface area contributed by atoms with Crippen molar-refractivity contribution >= 4 is 22.6 Å². The van der Waals surface area contributed by atoms with E-state index < -0.39 is 22.8 Å². The van der Waals surface area contributed by atoms with Crippen molar-refractivity contribution in [2.75, 3.05) is 19.5 Å². The molecule has 0 aliphatic rings. The molecule has 0 spiro atoms. The highest BCUT2D eigenvalue weighted by atomic mass is 16.5. The zero-order valence-electron chi connectivity index (χ0n) is 14.4. The van der Waals surface area contributed by atoms with Gasteiger partial charge in [0.15, 0.2) is 11.5 Å².